The normalized spacial score (nSPS) is 12.5. The highest BCUT2D eigenvalue weighted by atomic mass is 19.1. The molecule has 0 heterocycles. The monoisotopic (exact) mass is 594 g/mol. The van der Waals surface area contributed by atoms with Crippen molar-refractivity contribution in [1.82, 2.24) is 0 Å². The van der Waals surface area contributed by atoms with Crippen molar-refractivity contribution in [2.75, 3.05) is 0 Å². The van der Waals surface area contributed by atoms with Crippen molar-refractivity contribution in [3.8, 4) is 34.4 Å². The maximum atomic E-state index is 14.9. The fraction of sp³-hybridized carbons (Fsp3) is 0.0667. The van der Waals surface area contributed by atoms with Crippen molar-refractivity contribution in [1.29, 1.82) is 10.5 Å². The van der Waals surface area contributed by atoms with Crippen molar-refractivity contribution >= 4 is 23.5 Å². The number of allylic oxidation sites excluding steroid dienone is 3. The second-order valence-electron chi connectivity index (χ2n) is 9.46. The van der Waals surface area contributed by atoms with Crippen molar-refractivity contribution in [3.05, 3.63) is 135 Å². The van der Waals surface area contributed by atoms with Gasteiger partial charge in [0.25, 0.3) is 0 Å². The predicted octanol–water partition coefficient (Wildman–Crippen LogP) is 5.46. The number of nitriles is 2. The number of nitrogens with zero attached hydrogens (tertiary/aromatic N) is 6. The first-order chi connectivity index (χ1) is 20.9. The summed E-state index contributed by atoms with van der Waals surface area (Å²) >= 11 is 0. The zero-order valence-electron chi connectivity index (χ0n) is 21.7. The Kier molecular flexibility index (Phi) is 6.98. The number of hydrogen-bond donors (Lipinski definition) is 0. The van der Waals surface area contributed by atoms with Crippen LogP contribution < -0.4 is 10.4 Å². The molecule has 0 N–H and O–H groups in total. The van der Waals surface area contributed by atoms with Gasteiger partial charge >= 0.3 is 17.2 Å². The molecule has 0 spiro atoms. The van der Waals surface area contributed by atoms with Gasteiger partial charge in [-0.3, -0.25) is 20.2 Å². The van der Waals surface area contributed by atoms with E-state index in [0.29, 0.717) is 24.3 Å². The van der Waals surface area contributed by atoms with Crippen LogP contribution in [0, 0.1) is 79.3 Å². The van der Waals surface area contributed by atoms with Crippen LogP contribution >= 0.6 is 0 Å². The van der Waals surface area contributed by atoms with E-state index in [4.69, 9.17) is 13.1 Å². The number of nitro benzene ring substituents is 2. The molecule has 0 amide bonds. The van der Waals surface area contributed by atoms with Crippen LogP contribution in [0.4, 0.5) is 28.9 Å². The summed E-state index contributed by atoms with van der Waals surface area (Å²) in [5.41, 5.74) is -2.74. The van der Waals surface area contributed by atoms with Crippen molar-refractivity contribution in [3.63, 3.8) is 0 Å². The van der Waals surface area contributed by atoms with Crippen LogP contribution in [0.15, 0.2) is 46.8 Å². The van der Waals surface area contributed by atoms with Gasteiger partial charge in [0.1, 0.15) is 30.9 Å². The maximum Gasteiger partial charge on any atom is 0.522 e. The number of benzene rings is 3. The fourth-order valence-corrected chi connectivity index (χ4v) is 5.48. The third-order valence-electron chi connectivity index (χ3n) is 7.18. The summed E-state index contributed by atoms with van der Waals surface area (Å²) in [7, 11) is 0. The van der Waals surface area contributed by atoms with Crippen LogP contribution in [-0.4, -0.2) is 9.85 Å². The topological polar surface area (TPSA) is 143 Å². The predicted molar refractivity (Wildman–Crippen MR) is 145 cm³/mol. The molecule has 212 valence electrons. The number of hydrogen-bond acceptors (Lipinski definition) is 6. The van der Waals surface area contributed by atoms with Crippen molar-refractivity contribution in [2.24, 2.45) is 0 Å². The van der Waals surface area contributed by atoms with Gasteiger partial charge in [-0.05, 0) is 86.2 Å². The molecular formula is C30H10F4N6O4. The van der Waals surface area contributed by atoms with Gasteiger partial charge in [-0.15, -0.1) is 0 Å². The molecule has 44 heavy (non-hydrogen) atoms. The summed E-state index contributed by atoms with van der Waals surface area (Å²) < 4.78 is 59.6. The minimum absolute atomic E-state index is 0.0695. The van der Waals surface area contributed by atoms with E-state index in [9.17, 15) is 48.3 Å². The first-order valence-electron chi connectivity index (χ1n) is 12.2. The Bertz CT molecular complexity index is 2040. The number of nitro groups is 2. The molecular weight excluding hydrogens is 584 g/mol. The Morgan fingerprint density at radius 3 is 1.43 bits per heavy atom. The lowest BCUT2D eigenvalue weighted by molar-refractivity contribution is -0.390. The highest BCUT2D eigenvalue weighted by molar-refractivity contribution is 5.87. The molecule has 0 bridgehead atoms. The molecule has 0 aromatic heterocycles. The summed E-state index contributed by atoms with van der Waals surface area (Å²) in [4.78, 5) is 26.4. The Labute approximate surface area is 243 Å². The molecule has 0 saturated heterocycles. The highest BCUT2D eigenvalue weighted by Crippen LogP contribution is 2.38. The van der Waals surface area contributed by atoms with Gasteiger partial charge in [0.15, 0.2) is 0 Å². The van der Waals surface area contributed by atoms with Crippen molar-refractivity contribution in [2.45, 2.75) is 12.8 Å². The summed E-state index contributed by atoms with van der Waals surface area (Å²) in [6.45, 7) is 14.8. The zero-order chi connectivity index (χ0) is 32.0. The largest absolute Gasteiger partial charge is 0.522 e. The van der Waals surface area contributed by atoms with Gasteiger partial charge in [-0.2, -0.15) is 37.8 Å². The Balaban J connectivity index is 2.01. The van der Waals surface area contributed by atoms with Crippen LogP contribution in [0.1, 0.15) is 11.1 Å². The first-order valence-corrected chi connectivity index (χ1v) is 12.2. The van der Waals surface area contributed by atoms with E-state index in [-0.39, 0.29) is 79.2 Å². The molecule has 3 aromatic rings. The summed E-state index contributed by atoms with van der Waals surface area (Å²) in [5.74, 6) is -6.43. The summed E-state index contributed by atoms with van der Waals surface area (Å²) in [6.07, 6.45) is 2.33. The number of fused-ring (bicyclic) bond motifs is 2. The number of halogens is 4. The van der Waals surface area contributed by atoms with Crippen LogP contribution in [-0.2, 0) is 12.8 Å². The molecule has 2 aliphatic carbocycles. The molecule has 2 aliphatic rings. The standard InChI is InChI=1S/C30H10F4N6O4/c1-37-30(38-2)16-5-20-21(6-16)27(15-9-24(33)29(40(43)44)25(34)10-15)19-4-13(17(11-35)12-36)3-18(19)26(20)14-7-22(31)28(39(41)42)23(32)8-14/h3,6-10H,4-5H2. The highest BCUT2D eigenvalue weighted by Gasteiger charge is 2.32. The van der Waals surface area contributed by atoms with Gasteiger partial charge in [0.05, 0.1) is 15.4 Å². The van der Waals surface area contributed by atoms with Gasteiger partial charge < -0.3 is 0 Å². The molecule has 0 unspecified atom stereocenters. The lowest BCUT2D eigenvalue weighted by Gasteiger charge is -2.16. The van der Waals surface area contributed by atoms with Gasteiger partial charge in [0, 0.05) is 6.42 Å². The van der Waals surface area contributed by atoms with Crippen LogP contribution in [0.3, 0.4) is 0 Å². The SMILES string of the molecule is [C-]#[N+]C([N+]#[C-])=C1C=c2c(c(-c3cc(F)c([N+](=O)[O-])c(F)c3)c3c(c2-c2cc(F)c([N+](=O)[O-])c(F)c2)CC(=C(C#N)C#N)C=3)C1. The van der Waals surface area contributed by atoms with E-state index in [1.165, 1.54) is 12.2 Å². The van der Waals surface area contributed by atoms with E-state index in [2.05, 4.69) is 9.69 Å². The van der Waals surface area contributed by atoms with E-state index >= 15 is 0 Å². The van der Waals surface area contributed by atoms with Crippen LogP contribution in [0.25, 0.3) is 44.1 Å². The number of rotatable bonds is 4. The zero-order valence-corrected chi connectivity index (χ0v) is 21.7. The summed E-state index contributed by atoms with van der Waals surface area (Å²) in [6, 6.07) is 6.30. The maximum absolute atomic E-state index is 14.9. The fourth-order valence-electron chi connectivity index (χ4n) is 5.48. The van der Waals surface area contributed by atoms with Gasteiger partial charge in [0.2, 0.25) is 23.3 Å². The van der Waals surface area contributed by atoms with Crippen LogP contribution in [0.5, 0.6) is 0 Å². The van der Waals surface area contributed by atoms with E-state index in [1.807, 2.05) is 0 Å². The molecule has 0 radical (unpaired) electrons. The first kappa shape index (κ1) is 28.9. The average molecular weight is 594 g/mol. The van der Waals surface area contributed by atoms with Gasteiger partial charge in [-0.1, -0.05) is 6.08 Å². The smallest absolute Gasteiger partial charge is 0.258 e. The minimum atomic E-state index is -1.51. The molecule has 0 saturated carbocycles. The van der Waals surface area contributed by atoms with E-state index in [1.54, 1.807) is 12.1 Å². The quantitative estimate of drug-likeness (QED) is 0.129. The third kappa shape index (κ3) is 4.40. The second-order valence-corrected chi connectivity index (χ2v) is 9.46. The second kappa shape index (κ2) is 10.6. The van der Waals surface area contributed by atoms with E-state index < -0.39 is 44.5 Å². The molecule has 0 fully saturated rings. The Morgan fingerprint density at radius 2 is 1.09 bits per heavy atom. The summed E-state index contributed by atoms with van der Waals surface area (Å²) in [5, 5.41) is 41.8. The molecule has 10 nitrogen and oxygen atoms in total. The lowest BCUT2D eigenvalue weighted by atomic mass is 9.87. The average Bonchev–Trinajstić information content (AvgIpc) is 3.56. The molecule has 14 heteroatoms. The van der Waals surface area contributed by atoms with E-state index in [0.717, 1.165) is 0 Å². The molecule has 0 aliphatic heterocycles. The van der Waals surface area contributed by atoms with Crippen molar-refractivity contribution < 1.29 is 27.4 Å². The Hall–Kier alpha value is -6.64. The molecule has 3 aromatic carbocycles. The Morgan fingerprint density at radius 1 is 0.727 bits per heavy atom. The molecule has 0 atom stereocenters. The lowest BCUT2D eigenvalue weighted by Crippen LogP contribution is -2.23. The molecule has 5 rings (SSSR count). The van der Waals surface area contributed by atoms with Crippen LogP contribution in [0.2, 0.25) is 0 Å². The van der Waals surface area contributed by atoms with Gasteiger partial charge in [-0.25, -0.2) is 0 Å². The third-order valence-corrected chi connectivity index (χ3v) is 7.18. The minimum Gasteiger partial charge on any atom is -0.258 e.